The molecule has 1 aromatic carbocycles. The summed E-state index contributed by atoms with van der Waals surface area (Å²) in [6.07, 6.45) is 6.95. The zero-order chi connectivity index (χ0) is 13.9. The number of unbranched alkanes of at least 4 members (excludes halogenated alkanes) is 4. The molecule has 106 valence electrons. The predicted molar refractivity (Wildman–Crippen MR) is 79.3 cm³/mol. The molecule has 0 aliphatic carbocycles. The quantitative estimate of drug-likeness (QED) is 0.310. The number of nitrogens with zero attached hydrogens (tertiary/aromatic N) is 1. The van der Waals surface area contributed by atoms with E-state index in [0.29, 0.717) is 12.1 Å². The molecule has 0 fully saturated rings. The number of benzene rings is 1. The average molecular weight is 263 g/mol. The second kappa shape index (κ2) is 9.42. The van der Waals surface area contributed by atoms with E-state index in [1.807, 2.05) is 24.3 Å². The maximum absolute atomic E-state index is 8.62. The molecular formula is C16H25NO2. The molecule has 1 aromatic rings. The van der Waals surface area contributed by atoms with Crippen molar-refractivity contribution in [1.29, 1.82) is 0 Å². The standard InChI is InChI=1S/C16H25NO2/c1-3-4-5-6-7-12-19-16-10-8-15(9-11-16)13-14(2)17-18/h8-11,18H,3-7,12-13H2,1-2H3/b17-14+. The van der Waals surface area contributed by atoms with Crippen LogP contribution in [-0.4, -0.2) is 17.5 Å². The molecule has 3 nitrogen and oxygen atoms in total. The number of hydrogen-bond acceptors (Lipinski definition) is 3. The number of ether oxygens (including phenoxy) is 1. The van der Waals surface area contributed by atoms with E-state index in [2.05, 4.69) is 12.1 Å². The molecule has 0 spiro atoms. The molecule has 3 heteroatoms. The van der Waals surface area contributed by atoms with Gasteiger partial charge < -0.3 is 9.94 Å². The Labute approximate surface area is 116 Å². The molecule has 0 aliphatic rings. The molecule has 0 heterocycles. The first-order chi connectivity index (χ1) is 9.26. The zero-order valence-corrected chi connectivity index (χ0v) is 12.1. The summed E-state index contributed by atoms with van der Waals surface area (Å²) >= 11 is 0. The van der Waals surface area contributed by atoms with E-state index in [-0.39, 0.29) is 0 Å². The molecule has 0 saturated heterocycles. The smallest absolute Gasteiger partial charge is 0.119 e. The van der Waals surface area contributed by atoms with Gasteiger partial charge in [0.15, 0.2) is 0 Å². The molecule has 0 bridgehead atoms. The molecule has 0 saturated carbocycles. The normalized spacial score (nSPS) is 11.6. The lowest BCUT2D eigenvalue weighted by molar-refractivity contribution is 0.304. The average Bonchev–Trinajstić information content (AvgIpc) is 2.44. The third-order valence-corrected chi connectivity index (χ3v) is 3.07. The van der Waals surface area contributed by atoms with Gasteiger partial charge in [-0.05, 0) is 31.0 Å². The van der Waals surface area contributed by atoms with Crippen molar-refractivity contribution in [2.24, 2.45) is 5.16 Å². The van der Waals surface area contributed by atoms with Gasteiger partial charge in [0.2, 0.25) is 0 Å². The van der Waals surface area contributed by atoms with E-state index < -0.39 is 0 Å². The summed E-state index contributed by atoms with van der Waals surface area (Å²) in [5.41, 5.74) is 1.84. The van der Waals surface area contributed by atoms with Crippen molar-refractivity contribution in [2.45, 2.75) is 52.4 Å². The van der Waals surface area contributed by atoms with E-state index >= 15 is 0 Å². The topological polar surface area (TPSA) is 41.8 Å². The summed E-state index contributed by atoms with van der Waals surface area (Å²) in [6, 6.07) is 7.99. The van der Waals surface area contributed by atoms with Crippen LogP contribution in [-0.2, 0) is 6.42 Å². The fourth-order valence-electron chi connectivity index (χ4n) is 1.93. The lowest BCUT2D eigenvalue weighted by Crippen LogP contribution is -1.99. The van der Waals surface area contributed by atoms with Crippen LogP contribution >= 0.6 is 0 Å². The van der Waals surface area contributed by atoms with Crippen molar-refractivity contribution in [2.75, 3.05) is 6.61 Å². The Morgan fingerprint density at radius 2 is 1.79 bits per heavy atom. The second-order valence-electron chi connectivity index (χ2n) is 4.92. The largest absolute Gasteiger partial charge is 0.494 e. The summed E-state index contributed by atoms with van der Waals surface area (Å²) in [6.45, 7) is 4.82. The Balaban J connectivity index is 2.24. The Bertz CT molecular complexity index is 371. The van der Waals surface area contributed by atoms with Crippen LogP contribution in [0.4, 0.5) is 0 Å². The van der Waals surface area contributed by atoms with Gasteiger partial charge >= 0.3 is 0 Å². The lowest BCUT2D eigenvalue weighted by Gasteiger charge is -2.07. The molecule has 0 aliphatic heterocycles. The van der Waals surface area contributed by atoms with Crippen molar-refractivity contribution < 1.29 is 9.94 Å². The molecule has 0 atom stereocenters. The summed E-state index contributed by atoms with van der Waals surface area (Å²) < 4.78 is 5.69. The van der Waals surface area contributed by atoms with Gasteiger partial charge in [-0.1, -0.05) is 49.9 Å². The summed E-state index contributed by atoms with van der Waals surface area (Å²) in [5, 5.41) is 11.8. The number of rotatable bonds is 9. The summed E-state index contributed by atoms with van der Waals surface area (Å²) in [4.78, 5) is 0. The number of oxime groups is 1. The first-order valence-electron chi connectivity index (χ1n) is 7.15. The monoisotopic (exact) mass is 263 g/mol. The maximum Gasteiger partial charge on any atom is 0.119 e. The molecule has 0 radical (unpaired) electrons. The highest BCUT2D eigenvalue weighted by molar-refractivity contribution is 5.83. The van der Waals surface area contributed by atoms with Crippen LogP contribution in [0.3, 0.4) is 0 Å². The van der Waals surface area contributed by atoms with Crippen LogP contribution in [0, 0.1) is 0 Å². The number of hydrogen-bond donors (Lipinski definition) is 1. The Hall–Kier alpha value is -1.51. The zero-order valence-electron chi connectivity index (χ0n) is 12.1. The van der Waals surface area contributed by atoms with E-state index in [1.165, 1.54) is 25.7 Å². The van der Waals surface area contributed by atoms with Gasteiger partial charge in [0.05, 0.1) is 12.3 Å². The van der Waals surface area contributed by atoms with Gasteiger partial charge in [0.25, 0.3) is 0 Å². The van der Waals surface area contributed by atoms with Crippen LogP contribution in [0.25, 0.3) is 0 Å². The maximum atomic E-state index is 8.62. The minimum atomic E-state index is 0.674. The first kappa shape index (κ1) is 15.5. The van der Waals surface area contributed by atoms with Crippen LogP contribution in [0.15, 0.2) is 29.4 Å². The molecule has 1 N–H and O–H groups in total. The predicted octanol–water partition coefficient (Wildman–Crippen LogP) is 4.43. The SMILES string of the molecule is CCCCCCCOc1ccc(C/C(C)=N/O)cc1. The van der Waals surface area contributed by atoms with Gasteiger partial charge in [-0.3, -0.25) is 0 Å². The van der Waals surface area contributed by atoms with Gasteiger partial charge in [-0.2, -0.15) is 0 Å². The second-order valence-corrected chi connectivity index (χ2v) is 4.92. The molecule has 19 heavy (non-hydrogen) atoms. The first-order valence-corrected chi connectivity index (χ1v) is 7.15. The lowest BCUT2D eigenvalue weighted by atomic mass is 10.1. The van der Waals surface area contributed by atoms with Crippen molar-refractivity contribution in [3.05, 3.63) is 29.8 Å². The van der Waals surface area contributed by atoms with Crippen molar-refractivity contribution in [3.8, 4) is 5.75 Å². The fourth-order valence-corrected chi connectivity index (χ4v) is 1.93. The van der Waals surface area contributed by atoms with Crippen molar-refractivity contribution in [3.63, 3.8) is 0 Å². The third-order valence-electron chi connectivity index (χ3n) is 3.07. The van der Waals surface area contributed by atoms with E-state index in [4.69, 9.17) is 9.94 Å². The summed E-state index contributed by atoms with van der Waals surface area (Å²) in [7, 11) is 0. The Kier molecular flexibility index (Phi) is 7.71. The highest BCUT2D eigenvalue weighted by Crippen LogP contribution is 2.14. The van der Waals surface area contributed by atoms with Gasteiger partial charge in [-0.15, -0.1) is 0 Å². The Morgan fingerprint density at radius 3 is 2.42 bits per heavy atom. The van der Waals surface area contributed by atoms with Crippen LogP contribution in [0.2, 0.25) is 0 Å². The highest BCUT2D eigenvalue weighted by Gasteiger charge is 1.98. The van der Waals surface area contributed by atoms with Crippen LogP contribution < -0.4 is 4.74 Å². The fraction of sp³-hybridized carbons (Fsp3) is 0.562. The molecule has 0 aromatic heterocycles. The third kappa shape index (κ3) is 6.85. The molecule has 0 unspecified atom stereocenters. The minimum absolute atomic E-state index is 0.674. The Morgan fingerprint density at radius 1 is 1.11 bits per heavy atom. The van der Waals surface area contributed by atoms with Gasteiger partial charge in [0.1, 0.15) is 5.75 Å². The van der Waals surface area contributed by atoms with Crippen molar-refractivity contribution in [1.82, 2.24) is 0 Å². The van der Waals surface area contributed by atoms with Gasteiger partial charge in [0, 0.05) is 6.42 Å². The van der Waals surface area contributed by atoms with Gasteiger partial charge in [-0.25, -0.2) is 0 Å². The van der Waals surface area contributed by atoms with Crippen LogP contribution in [0.5, 0.6) is 5.75 Å². The molecule has 1 rings (SSSR count). The summed E-state index contributed by atoms with van der Waals surface area (Å²) in [5.74, 6) is 0.915. The van der Waals surface area contributed by atoms with Crippen LogP contribution in [0.1, 0.15) is 51.5 Å². The van der Waals surface area contributed by atoms with E-state index in [1.54, 1.807) is 6.92 Å². The van der Waals surface area contributed by atoms with E-state index in [9.17, 15) is 0 Å². The van der Waals surface area contributed by atoms with E-state index in [0.717, 1.165) is 24.3 Å². The van der Waals surface area contributed by atoms with Crippen molar-refractivity contribution >= 4 is 5.71 Å². The highest BCUT2D eigenvalue weighted by atomic mass is 16.5. The molecular weight excluding hydrogens is 238 g/mol. The minimum Gasteiger partial charge on any atom is -0.494 e. The molecule has 0 amide bonds.